The van der Waals surface area contributed by atoms with E-state index in [0.717, 1.165) is 11.3 Å². The molecule has 1 heterocycles. The monoisotopic (exact) mass is 312 g/mol. The highest BCUT2D eigenvalue weighted by molar-refractivity contribution is 7.09. The normalized spacial score (nSPS) is 11.2. The largest absolute Gasteiger partial charge is 0.465 e. The molecule has 21 heavy (non-hydrogen) atoms. The molecule has 1 aromatic rings. The summed E-state index contributed by atoms with van der Waals surface area (Å²) in [6.07, 6.45) is 2.28. The van der Waals surface area contributed by atoms with Crippen molar-refractivity contribution in [2.75, 3.05) is 13.2 Å². The zero-order valence-electron chi connectivity index (χ0n) is 13.0. The standard InChI is InChI=1S/C16H24O4S/c1-4-10-16(14(17)19-5-2,15(18)20-6-3)11-9-13-8-7-12-21-13/h7-8,12H,4-6,9-11H2,1-3H3. The Morgan fingerprint density at radius 1 is 1.10 bits per heavy atom. The van der Waals surface area contributed by atoms with Gasteiger partial charge in [-0.05, 0) is 44.6 Å². The van der Waals surface area contributed by atoms with Gasteiger partial charge in [-0.25, -0.2) is 0 Å². The first-order chi connectivity index (χ1) is 10.1. The number of hydrogen-bond donors (Lipinski definition) is 0. The van der Waals surface area contributed by atoms with Crippen LogP contribution in [0.4, 0.5) is 0 Å². The van der Waals surface area contributed by atoms with E-state index < -0.39 is 17.4 Å². The number of thiophene rings is 1. The molecule has 0 radical (unpaired) electrons. The molecule has 1 aromatic heterocycles. The molecule has 0 unspecified atom stereocenters. The molecule has 0 saturated heterocycles. The molecule has 0 aliphatic rings. The van der Waals surface area contributed by atoms with E-state index in [1.54, 1.807) is 25.2 Å². The average molecular weight is 312 g/mol. The number of ether oxygens (including phenoxy) is 2. The fraction of sp³-hybridized carbons (Fsp3) is 0.625. The Hall–Kier alpha value is -1.36. The maximum Gasteiger partial charge on any atom is 0.323 e. The highest BCUT2D eigenvalue weighted by atomic mass is 32.1. The summed E-state index contributed by atoms with van der Waals surface area (Å²) < 4.78 is 10.3. The van der Waals surface area contributed by atoms with E-state index in [2.05, 4.69) is 0 Å². The van der Waals surface area contributed by atoms with Crippen LogP contribution in [0.2, 0.25) is 0 Å². The van der Waals surface area contributed by atoms with E-state index in [0.29, 0.717) is 19.3 Å². The Balaban J connectivity index is 2.97. The molecular formula is C16H24O4S. The van der Waals surface area contributed by atoms with Crippen LogP contribution in [0.3, 0.4) is 0 Å². The van der Waals surface area contributed by atoms with E-state index in [1.165, 1.54) is 0 Å². The van der Waals surface area contributed by atoms with Crippen LogP contribution in [0.25, 0.3) is 0 Å². The van der Waals surface area contributed by atoms with Gasteiger partial charge < -0.3 is 9.47 Å². The van der Waals surface area contributed by atoms with Crippen molar-refractivity contribution >= 4 is 23.3 Å². The number of rotatable bonds is 9. The average Bonchev–Trinajstić information content (AvgIpc) is 2.97. The minimum absolute atomic E-state index is 0.267. The van der Waals surface area contributed by atoms with Crippen LogP contribution >= 0.6 is 11.3 Å². The summed E-state index contributed by atoms with van der Waals surface area (Å²) in [5.41, 5.74) is -1.18. The molecule has 1 rings (SSSR count). The van der Waals surface area contributed by atoms with Crippen LogP contribution in [-0.4, -0.2) is 25.2 Å². The van der Waals surface area contributed by atoms with Gasteiger partial charge in [0.15, 0.2) is 5.41 Å². The van der Waals surface area contributed by atoms with Crippen LogP contribution < -0.4 is 0 Å². The van der Waals surface area contributed by atoms with Gasteiger partial charge in [0.1, 0.15) is 0 Å². The van der Waals surface area contributed by atoms with Crippen molar-refractivity contribution in [3.8, 4) is 0 Å². The highest BCUT2D eigenvalue weighted by Crippen LogP contribution is 2.34. The molecule has 0 fully saturated rings. The Bertz CT molecular complexity index is 421. The lowest BCUT2D eigenvalue weighted by Gasteiger charge is -2.28. The van der Waals surface area contributed by atoms with Gasteiger partial charge in [-0.15, -0.1) is 11.3 Å². The molecule has 0 atom stereocenters. The van der Waals surface area contributed by atoms with Gasteiger partial charge in [-0.2, -0.15) is 0 Å². The first kappa shape index (κ1) is 17.7. The zero-order chi connectivity index (χ0) is 15.7. The molecule has 0 spiro atoms. The van der Waals surface area contributed by atoms with Gasteiger partial charge >= 0.3 is 11.9 Å². The third-order valence-corrected chi connectivity index (χ3v) is 4.32. The molecule has 4 nitrogen and oxygen atoms in total. The SMILES string of the molecule is CCCC(CCc1cccs1)(C(=O)OCC)C(=O)OCC. The Kier molecular flexibility index (Phi) is 7.43. The van der Waals surface area contributed by atoms with Crippen LogP contribution in [0.15, 0.2) is 17.5 Å². The lowest BCUT2D eigenvalue weighted by atomic mass is 9.78. The third kappa shape index (κ3) is 4.56. The maximum absolute atomic E-state index is 12.4. The molecular weight excluding hydrogens is 288 g/mol. The van der Waals surface area contributed by atoms with Gasteiger partial charge in [0.2, 0.25) is 0 Å². The molecule has 0 amide bonds. The second-order valence-corrected chi connectivity index (χ2v) is 5.88. The van der Waals surface area contributed by atoms with Crippen molar-refractivity contribution in [2.45, 2.75) is 46.5 Å². The fourth-order valence-electron chi connectivity index (χ4n) is 2.37. The summed E-state index contributed by atoms with van der Waals surface area (Å²) in [5.74, 6) is -0.913. The highest BCUT2D eigenvalue weighted by Gasteiger charge is 2.47. The second kappa shape index (κ2) is 8.82. The Labute approximate surface area is 130 Å². The van der Waals surface area contributed by atoms with Crippen LogP contribution in [0.5, 0.6) is 0 Å². The van der Waals surface area contributed by atoms with Crippen molar-refractivity contribution in [3.05, 3.63) is 22.4 Å². The summed E-state index contributed by atoms with van der Waals surface area (Å²) in [5, 5.41) is 1.99. The minimum Gasteiger partial charge on any atom is -0.465 e. The first-order valence-corrected chi connectivity index (χ1v) is 8.35. The summed E-state index contributed by atoms with van der Waals surface area (Å²) in [6.45, 7) is 5.99. The minimum atomic E-state index is -1.18. The summed E-state index contributed by atoms with van der Waals surface area (Å²) >= 11 is 1.63. The van der Waals surface area contributed by atoms with Gasteiger partial charge in [0.25, 0.3) is 0 Å². The van der Waals surface area contributed by atoms with E-state index in [4.69, 9.17) is 9.47 Å². The fourth-order valence-corrected chi connectivity index (χ4v) is 3.08. The molecule has 0 aliphatic heterocycles. The van der Waals surface area contributed by atoms with E-state index in [1.807, 2.05) is 24.4 Å². The zero-order valence-corrected chi connectivity index (χ0v) is 13.8. The van der Waals surface area contributed by atoms with Crippen molar-refractivity contribution in [2.24, 2.45) is 5.41 Å². The van der Waals surface area contributed by atoms with Crippen LogP contribution in [0.1, 0.15) is 44.9 Å². The molecule has 0 bridgehead atoms. The van der Waals surface area contributed by atoms with E-state index >= 15 is 0 Å². The third-order valence-electron chi connectivity index (χ3n) is 3.39. The molecule has 118 valence electrons. The lowest BCUT2D eigenvalue weighted by molar-refractivity contribution is -0.173. The number of hydrogen-bond acceptors (Lipinski definition) is 5. The molecule has 0 aliphatic carbocycles. The molecule has 0 saturated carbocycles. The van der Waals surface area contributed by atoms with E-state index in [-0.39, 0.29) is 13.2 Å². The van der Waals surface area contributed by atoms with Gasteiger partial charge in [-0.1, -0.05) is 19.4 Å². The van der Waals surface area contributed by atoms with Crippen molar-refractivity contribution < 1.29 is 19.1 Å². The number of carbonyl (C=O) groups is 2. The quantitative estimate of drug-likeness (QED) is 0.516. The second-order valence-electron chi connectivity index (χ2n) is 4.85. The maximum atomic E-state index is 12.4. The molecule has 0 aromatic carbocycles. The number of esters is 2. The van der Waals surface area contributed by atoms with Gasteiger partial charge in [-0.3, -0.25) is 9.59 Å². The molecule has 5 heteroatoms. The van der Waals surface area contributed by atoms with Crippen LogP contribution in [0, 0.1) is 5.41 Å². The van der Waals surface area contributed by atoms with Crippen LogP contribution in [-0.2, 0) is 25.5 Å². The van der Waals surface area contributed by atoms with Gasteiger partial charge in [0.05, 0.1) is 13.2 Å². The predicted molar refractivity (Wildman–Crippen MR) is 83.2 cm³/mol. The summed E-state index contributed by atoms with van der Waals surface area (Å²) in [7, 11) is 0. The van der Waals surface area contributed by atoms with Crippen molar-refractivity contribution in [1.29, 1.82) is 0 Å². The lowest BCUT2D eigenvalue weighted by Crippen LogP contribution is -2.42. The summed E-state index contributed by atoms with van der Waals surface area (Å²) in [6, 6.07) is 3.98. The van der Waals surface area contributed by atoms with E-state index in [9.17, 15) is 9.59 Å². The smallest absolute Gasteiger partial charge is 0.323 e. The van der Waals surface area contributed by atoms with Crippen molar-refractivity contribution in [3.63, 3.8) is 0 Å². The Morgan fingerprint density at radius 2 is 1.71 bits per heavy atom. The number of aryl methyl sites for hydroxylation is 1. The Morgan fingerprint density at radius 3 is 2.14 bits per heavy atom. The first-order valence-electron chi connectivity index (χ1n) is 7.47. The van der Waals surface area contributed by atoms with Crippen molar-refractivity contribution in [1.82, 2.24) is 0 Å². The predicted octanol–water partition coefficient (Wildman–Crippen LogP) is 3.59. The number of carbonyl (C=O) groups excluding carboxylic acids is 2. The van der Waals surface area contributed by atoms with Gasteiger partial charge in [0, 0.05) is 4.88 Å². The molecule has 0 N–H and O–H groups in total. The topological polar surface area (TPSA) is 52.6 Å². The summed E-state index contributed by atoms with van der Waals surface area (Å²) in [4.78, 5) is 26.0.